The lowest BCUT2D eigenvalue weighted by Crippen LogP contribution is -2.48. The van der Waals surface area contributed by atoms with Gasteiger partial charge in [0.2, 0.25) is 5.91 Å². The molecule has 186 valence electrons. The molecule has 8 nitrogen and oxygen atoms in total. The van der Waals surface area contributed by atoms with E-state index in [1.165, 1.54) is 20.6 Å². The average molecular weight is 480 g/mol. The van der Waals surface area contributed by atoms with Gasteiger partial charge in [-0.2, -0.15) is 0 Å². The minimum absolute atomic E-state index is 0.0162. The summed E-state index contributed by atoms with van der Waals surface area (Å²) in [6.07, 6.45) is 4.62. The smallest absolute Gasteiger partial charge is 0.264 e. The Bertz CT molecular complexity index is 1120. The molecule has 0 unspecified atom stereocenters. The van der Waals surface area contributed by atoms with E-state index in [0.717, 1.165) is 19.3 Å². The molecule has 0 bridgehead atoms. The number of unbranched alkanes of at least 4 members (excludes halogenated alkanes) is 3. The van der Waals surface area contributed by atoms with Gasteiger partial charge in [-0.15, -0.1) is 0 Å². The number of nitrogens with zero attached hydrogens (tertiary/aromatic N) is 2. The maximum atomic E-state index is 13.7. The number of carbonyl (C=O) groups is 3. The molecule has 2 heterocycles. The Morgan fingerprint density at radius 1 is 0.971 bits per heavy atom. The van der Waals surface area contributed by atoms with Crippen molar-refractivity contribution in [2.24, 2.45) is 0 Å². The van der Waals surface area contributed by atoms with Crippen LogP contribution in [0.3, 0.4) is 0 Å². The highest BCUT2D eigenvalue weighted by atomic mass is 16.5. The summed E-state index contributed by atoms with van der Waals surface area (Å²) in [6, 6.07) is 10.7. The van der Waals surface area contributed by atoms with Crippen LogP contribution in [-0.4, -0.2) is 49.9 Å². The van der Waals surface area contributed by atoms with E-state index in [9.17, 15) is 14.4 Å². The lowest BCUT2D eigenvalue weighted by molar-refractivity contribution is -0.121. The normalized spacial score (nSPS) is 16.0. The van der Waals surface area contributed by atoms with Crippen LogP contribution < -0.4 is 19.7 Å². The van der Waals surface area contributed by atoms with Gasteiger partial charge >= 0.3 is 0 Å². The fourth-order valence-electron chi connectivity index (χ4n) is 4.93. The molecule has 2 aliphatic heterocycles. The van der Waals surface area contributed by atoms with Crippen LogP contribution in [-0.2, 0) is 4.79 Å². The maximum absolute atomic E-state index is 13.7. The topological polar surface area (TPSA) is 88.2 Å². The van der Waals surface area contributed by atoms with E-state index >= 15 is 0 Å². The number of fused-ring (bicyclic) bond motifs is 5. The summed E-state index contributed by atoms with van der Waals surface area (Å²) in [5, 5.41) is 2.97. The zero-order valence-electron chi connectivity index (χ0n) is 20.6. The monoisotopic (exact) mass is 479 g/mol. The van der Waals surface area contributed by atoms with Crippen LogP contribution in [0.25, 0.3) is 0 Å². The number of rotatable bonds is 11. The number of amides is 3. The van der Waals surface area contributed by atoms with Crippen molar-refractivity contribution in [3.8, 4) is 11.5 Å². The number of para-hydroxylation sites is 1. The highest BCUT2D eigenvalue weighted by Crippen LogP contribution is 2.49. The minimum Gasteiger partial charge on any atom is -0.493 e. The molecular formula is C27H33N3O5. The Hall–Kier alpha value is -3.55. The number of methoxy groups -OCH3 is 2. The average Bonchev–Trinajstić information content (AvgIpc) is 3.17. The summed E-state index contributed by atoms with van der Waals surface area (Å²) >= 11 is 0. The largest absolute Gasteiger partial charge is 0.493 e. The molecular weight excluding hydrogens is 446 g/mol. The summed E-state index contributed by atoms with van der Waals surface area (Å²) < 4.78 is 11.0. The van der Waals surface area contributed by atoms with Crippen molar-refractivity contribution in [1.29, 1.82) is 0 Å². The fraction of sp³-hybridized carbons (Fsp3) is 0.444. The van der Waals surface area contributed by atoms with Crippen LogP contribution in [0.15, 0.2) is 36.4 Å². The van der Waals surface area contributed by atoms with Crippen molar-refractivity contribution >= 4 is 23.4 Å². The Labute approximate surface area is 206 Å². The van der Waals surface area contributed by atoms with E-state index in [1.54, 1.807) is 34.1 Å². The van der Waals surface area contributed by atoms with E-state index in [-0.39, 0.29) is 17.7 Å². The van der Waals surface area contributed by atoms with Gasteiger partial charge in [-0.3, -0.25) is 19.3 Å². The summed E-state index contributed by atoms with van der Waals surface area (Å²) in [6.45, 7) is 3.18. The first-order valence-electron chi connectivity index (χ1n) is 12.3. The molecule has 2 aromatic rings. The van der Waals surface area contributed by atoms with E-state index in [0.29, 0.717) is 59.8 Å². The Balaban J connectivity index is 1.57. The van der Waals surface area contributed by atoms with Gasteiger partial charge in [-0.1, -0.05) is 44.4 Å². The summed E-state index contributed by atoms with van der Waals surface area (Å²) in [5.41, 5.74) is 2.13. The van der Waals surface area contributed by atoms with Gasteiger partial charge in [0.05, 0.1) is 31.0 Å². The quantitative estimate of drug-likeness (QED) is 0.486. The van der Waals surface area contributed by atoms with Gasteiger partial charge in [0.1, 0.15) is 6.17 Å². The number of ether oxygens (including phenoxy) is 2. The number of benzene rings is 2. The SMILES string of the molecule is CCCCCCNC(=O)CCCN1C(=O)c2ccccc2N2C(=O)c3c(ccc(OC)c3OC)[C@@H]12. The number of nitrogens with one attached hydrogen (secondary N) is 1. The van der Waals surface area contributed by atoms with Gasteiger partial charge in [0, 0.05) is 25.1 Å². The molecule has 2 aliphatic rings. The second-order valence-corrected chi connectivity index (χ2v) is 8.84. The molecule has 8 heteroatoms. The highest BCUT2D eigenvalue weighted by molar-refractivity contribution is 6.18. The second kappa shape index (κ2) is 10.8. The van der Waals surface area contributed by atoms with Crippen LogP contribution in [0, 0.1) is 0 Å². The molecule has 4 rings (SSSR count). The molecule has 0 fully saturated rings. The van der Waals surface area contributed by atoms with Crippen LogP contribution >= 0.6 is 0 Å². The van der Waals surface area contributed by atoms with Gasteiger partial charge in [0.15, 0.2) is 11.5 Å². The van der Waals surface area contributed by atoms with Crippen LogP contribution in [0.5, 0.6) is 11.5 Å². The predicted octanol–water partition coefficient (Wildman–Crippen LogP) is 4.30. The van der Waals surface area contributed by atoms with Crippen molar-refractivity contribution in [2.75, 3.05) is 32.2 Å². The summed E-state index contributed by atoms with van der Waals surface area (Å²) in [5.74, 6) is 0.406. The van der Waals surface area contributed by atoms with Crippen molar-refractivity contribution < 1.29 is 23.9 Å². The Morgan fingerprint density at radius 2 is 1.77 bits per heavy atom. The minimum atomic E-state index is -0.600. The standard InChI is InChI=1S/C27H33N3O5/c1-4-5-6-9-16-28-22(31)13-10-17-29-25-19-14-15-21(34-2)24(35-3)23(19)27(33)30(25)20-12-8-7-11-18(20)26(29)32/h7-8,11-12,14-15,25H,4-6,9-10,13,16-17H2,1-3H3,(H,28,31)/t25-/m0/s1. The molecule has 0 aliphatic carbocycles. The van der Waals surface area contributed by atoms with Crippen molar-refractivity contribution in [1.82, 2.24) is 10.2 Å². The first-order chi connectivity index (χ1) is 17.0. The van der Waals surface area contributed by atoms with Gasteiger partial charge in [-0.05, 0) is 31.0 Å². The summed E-state index contributed by atoms with van der Waals surface area (Å²) in [4.78, 5) is 42.8. The zero-order valence-corrected chi connectivity index (χ0v) is 20.6. The first kappa shape index (κ1) is 24.6. The van der Waals surface area contributed by atoms with Gasteiger partial charge < -0.3 is 19.7 Å². The number of hydrogen-bond donors (Lipinski definition) is 1. The molecule has 2 aromatic carbocycles. The summed E-state index contributed by atoms with van der Waals surface area (Å²) in [7, 11) is 3.03. The molecule has 35 heavy (non-hydrogen) atoms. The van der Waals surface area contributed by atoms with E-state index in [4.69, 9.17) is 9.47 Å². The van der Waals surface area contributed by atoms with Crippen molar-refractivity contribution in [2.45, 2.75) is 51.6 Å². The fourth-order valence-corrected chi connectivity index (χ4v) is 4.93. The zero-order chi connectivity index (χ0) is 24.9. The van der Waals surface area contributed by atoms with Crippen LogP contribution in [0.2, 0.25) is 0 Å². The van der Waals surface area contributed by atoms with E-state index in [2.05, 4.69) is 12.2 Å². The van der Waals surface area contributed by atoms with Crippen molar-refractivity contribution in [3.63, 3.8) is 0 Å². The molecule has 3 amide bonds. The lowest BCUT2D eigenvalue weighted by Gasteiger charge is -2.41. The van der Waals surface area contributed by atoms with E-state index in [1.807, 2.05) is 12.1 Å². The van der Waals surface area contributed by atoms with Crippen LogP contribution in [0.4, 0.5) is 5.69 Å². The molecule has 0 radical (unpaired) electrons. The third-order valence-corrected chi connectivity index (χ3v) is 6.64. The molecule has 0 spiro atoms. The van der Waals surface area contributed by atoms with Gasteiger partial charge in [0.25, 0.3) is 11.8 Å². The maximum Gasteiger partial charge on any atom is 0.264 e. The number of carbonyl (C=O) groups excluding carboxylic acids is 3. The predicted molar refractivity (Wildman–Crippen MR) is 133 cm³/mol. The third-order valence-electron chi connectivity index (χ3n) is 6.64. The van der Waals surface area contributed by atoms with Crippen LogP contribution in [0.1, 0.15) is 77.9 Å². The van der Waals surface area contributed by atoms with Crippen molar-refractivity contribution in [3.05, 3.63) is 53.1 Å². The second-order valence-electron chi connectivity index (χ2n) is 8.84. The molecule has 0 saturated carbocycles. The molecule has 0 aromatic heterocycles. The van der Waals surface area contributed by atoms with Gasteiger partial charge in [-0.25, -0.2) is 0 Å². The lowest BCUT2D eigenvalue weighted by atomic mass is 10.0. The Morgan fingerprint density at radius 3 is 2.51 bits per heavy atom. The third kappa shape index (κ3) is 4.57. The molecule has 1 N–H and O–H groups in total. The van der Waals surface area contributed by atoms with E-state index < -0.39 is 6.17 Å². The number of hydrogen-bond acceptors (Lipinski definition) is 5. The Kier molecular flexibility index (Phi) is 7.58. The highest BCUT2D eigenvalue weighted by Gasteiger charge is 2.49. The first-order valence-corrected chi connectivity index (χ1v) is 12.3. The number of anilines is 1. The molecule has 0 saturated heterocycles. The molecule has 1 atom stereocenters.